The third-order valence-electron chi connectivity index (χ3n) is 4.63. The Balaban J connectivity index is 0.00000363. The van der Waals surface area contributed by atoms with Gasteiger partial charge < -0.3 is 24.8 Å². The maximum Gasteiger partial charge on any atom is 0.219 e. The fourth-order valence-electron chi connectivity index (χ4n) is 2.94. The minimum absolute atomic E-state index is 0. The second-order valence-electron chi connectivity index (χ2n) is 6.88. The van der Waals surface area contributed by atoms with Crippen LogP contribution in [0, 0.1) is 6.92 Å². The van der Waals surface area contributed by atoms with Crippen molar-refractivity contribution in [3.8, 4) is 23.1 Å². The number of aromatic nitrogens is 1. The summed E-state index contributed by atoms with van der Waals surface area (Å²) in [5, 5.41) is 6.60. The standard InChI is InChI=1S/C24H28N4O3.HI/c1-17-8-10-19(22(12-17)30-4)16-28-24(25-2)27-15-18-9-11-23(26-14-18)31-21-7-5-6-20(13-21)29-3;/h5-14H,15-16H2,1-4H3,(H2,25,27,28);1H. The van der Waals surface area contributed by atoms with Crippen molar-refractivity contribution in [2.75, 3.05) is 21.3 Å². The van der Waals surface area contributed by atoms with E-state index in [2.05, 4.69) is 32.7 Å². The second-order valence-corrected chi connectivity index (χ2v) is 6.88. The minimum Gasteiger partial charge on any atom is -0.497 e. The van der Waals surface area contributed by atoms with Gasteiger partial charge in [0.15, 0.2) is 5.96 Å². The quantitative estimate of drug-likeness (QED) is 0.242. The van der Waals surface area contributed by atoms with E-state index in [0.29, 0.717) is 30.7 Å². The van der Waals surface area contributed by atoms with Gasteiger partial charge in [-0.25, -0.2) is 4.98 Å². The van der Waals surface area contributed by atoms with E-state index in [-0.39, 0.29) is 24.0 Å². The molecule has 0 saturated carbocycles. The zero-order chi connectivity index (χ0) is 22.1. The smallest absolute Gasteiger partial charge is 0.219 e. The summed E-state index contributed by atoms with van der Waals surface area (Å²) < 4.78 is 16.5. The number of halogens is 1. The summed E-state index contributed by atoms with van der Waals surface area (Å²) in [6.45, 7) is 3.23. The normalized spacial score (nSPS) is 10.7. The van der Waals surface area contributed by atoms with Crippen molar-refractivity contribution < 1.29 is 14.2 Å². The number of hydrogen-bond acceptors (Lipinski definition) is 5. The Kier molecular flexibility index (Phi) is 10.1. The van der Waals surface area contributed by atoms with Crippen LogP contribution in [0.1, 0.15) is 16.7 Å². The Hall–Kier alpha value is -3.01. The van der Waals surface area contributed by atoms with Crippen LogP contribution in [-0.2, 0) is 13.1 Å². The molecule has 0 spiro atoms. The van der Waals surface area contributed by atoms with Gasteiger partial charge in [-0.2, -0.15) is 0 Å². The zero-order valence-corrected chi connectivity index (χ0v) is 21.0. The molecule has 0 aliphatic carbocycles. The lowest BCUT2D eigenvalue weighted by molar-refractivity contribution is 0.407. The molecule has 0 aliphatic heterocycles. The number of aryl methyl sites for hydroxylation is 1. The van der Waals surface area contributed by atoms with Gasteiger partial charge in [-0.1, -0.05) is 24.3 Å². The molecule has 0 bridgehead atoms. The summed E-state index contributed by atoms with van der Waals surface area (Å²) >= 11 is 0. The lowest BCUT2D eigenvalue weighted by atomic mass is 10.1. The first kappa shape index (κ1) is 25.3. The topological polar surface area (TPSA) is 77.0 Å². The molecule has 2 aromatic carbocycles. The summed E-state index contributed by atoms with van der Waals surface area (Å²) in [6, 6.07) is 17.4. The number of hydrogen-bond donors (Lipinski definition) is 2. The molecular weight excluding hydrogens is 519 g/mol. The summed E-state index contributed by atoms with van der Waals surface area (Å²) in [5.41, 5.74) is 3.24. The molecule has 7 nitrogen and oxygen atoms in total. The fourth-order valence-corrected chi connectivity index (χ4v) is 2.94. The summed E-state index contributed by atoms with van der Waals surface area (Å²) in [5.74, 6) is 3.48. The van der Waals surface area contributed by atoms with Crippen LogP contribution in [0.15, 0.2) is 65.8 Å². The van der Waals surface area contributed by atoms with Crippen LogP contribution in [0.5, 0.6) is 23.1 Å². The van der Waals surface area contributed by atoms with Gasteiger partial charge in [-0.05, 0) is 36.2 Å². The molecule has 0 radical (unpaired) electrons. The molecule has 0 aliphatic rings. The third-order valence-corrected chi connectivity index (χ3v) is 4.63. The molecule has 0 atom stereocenters. The first-order chi connectivity index (χ1) is 15.1. The Labute approximate surface area is 206 Å². The van der Waals surface area contributed by atoms with Gasteiger partial charge >= 0.3 is 0 Å². The zero-order valence-electron chi connectivity index (χ0n) is 18.7. The van der Waals surface area contributed by atoms with E-state index >= 15 is 0 Å². The van der Waals surface area contributed by atoms with Crippen molar-refractivity contribution in [1.29, 1.82) is 0 Å². The third kappa shape index (κ3) is 7.30. The Morgan fingerprint density at radius 3 is 2.41 bits per heavy atom. The van der Waals surface area contributed by atoms with Gasteiger partial charge in [0.1, 0.15) is 17.2 Å². The van der Waals surface area contributed by atoms with Crippen LogP contribution < -0.4 is 24.8 Å². The van der Waals surface area contributed by atoms with Gasteiger partial charge in [-0.15, -0.1) is 24.0 Å². The summed E-state index contributed by atoms with van der Waals surface area (Å²) in [6.07, 6.45) is 1.78. The minimum atomic E-state index is 0. The van der Waals surface area contributed by atoms with Gasteiger partial charge in [0, 0.05) is 44.0 Å². The van der Waals surface area contributed by atoms with Crippen LogP contribution in [0.3, 0.4) is 0 Å². The molecule has 1 aromatic heterocycles. The fraction of sp³-hybridized carbons (Fsp3) is 0.250. The number of nitrogens with zero attached hydrogens (tertiary/aromatic N) is 2. The molecule has 8 heteroatoms. The molecular formula is C24H29IN4O3. The highest BCUT2D eigenvalue weighted by Gasteiger charge is 2.06. The highest BCUT2D eigenvalue weighted by Crippen LogP contribution is 2.24. The molecule has 3 aromatic rings. The number of ether oxygens (including phenoxy) is 3. The van der Waals surface area contributed by atoms with Crippen LogP contribution in [0.25, 0.3) is 0 Å². The van der Waals surface area contributed by atoms with Crippen molar-refractivity contribution in [3.63, 3.8) is 0 Å². The maximum absolute atomic E-state index is 5.78. The number of nitrogens with one attached hydrogen (secondary N) is 2. The lowest BCUT2D eigenvalue weighted by Crippen LogP contribution is -2.36. The number of methoxy groups -OCH3 is 2. The van der Waals surface area contributed by atoms with E-state index in [1.165, 1.54) is 0 Å². The largest absolute Gasteiger partial charge is 0.497 e. The lowest BCUT2D eigenvalue weighted by Gasteiger charge is -2.14. The van der Waals surface area contributed by atoms with E-state index < -0.39 is 0 Å². The van der Waals surface area contributed by atoms with Crippen LogP contribution in [0.4, 0.5) is 0 Å². The monoisotopic (exact) mass is 548 g/mol. The van der Waals surface area contributed by atoms with E-state index in [9.17, 15) is 0 Å². The van der Waals surface area contributed by atoms with Gasteiger partial charge in [0.2, 0.25) is 5.88 Å². The van der Waals surface area contributed by atoms with Crippen molar-refractivity contribution in [2.24, 2.45) is 4.99 Å². The summed E-state index contributed by atoms with van der Waals surface area (Å²) in [4.78, 5) is 8.66. The molecule has 0 fully saturated rings. The van der Waals surface area contributed by atoms with Crippen molar-refractivity contribution in [3.05, 3.63) is 77.5 Å². The van der Waals surface area contributed by atoms with E-state index in [4.69, 9.17) is 14.2 Å². The second kappa shape index (κ2) is 12.7. The molecule has 3 rings (SSSR count). The van der Waals surface area contributed by atoms with Gasteiger partial charge in [0.05, 0.1) is 14.2 Å². The first-order valence-corrected chi connectivity index (χ1v) is 9.96. The molecule has 0 saturated heterocycles. The average Bonchev–Trinajstić information content (AvgIpc) is 2.81. The van der Waals surface area contributed by atoms with Crippen molar-refractivity contribution >= 4 is 29.9 Å². The number of rotatable bonds is 8. The Morgan fingerprint density at radius 2 is 1.72 bits per heavy atom. The first-order valence-electron chi connectivity index (χ1n) is 9.96. The number of benzene rings is 2. The molecule has 170 valence electrons. The maximum atomic E-state index is 5.78. The predicted octanol–water partition coefficient (Wildman–Crippen LogP) is 4.68. The van der Waals surface area contributed by atoms with Gasteiger partial charge in [-0.3, -0.25) is 4.99 Å². The van der Waals surface area contributed by atoms with Crippen LogP contribution >= 0.6 is 24.0 Å². The van der Waals surface area contributed by atoms with Crippen LogP contribution in [-0.4, -0.2) is 32.2 Å². The highest BCUT2D eigenvalue weighted by atomic mass is 127. The van der Waals surface area contributed by atoms with Crippen molar-refractivity contribution in [1.82, 2.24) is 15.6 Å². The van der Waals surface area contributed by atoms with E-state index in [0.717, 1.165) is 28.2 Å². The predicted molar refractivity (Wildman–Crippen MR) is 137 cm³/mol. The van der Waals surface area contributed by atoms with Gasteiger partial charge in [0.25, 0.3) is 0 Å². The van der Waals surface area contributed by atoms with Crippen molar-refractivity contribution in [2.45, 2.75) is 20.0 Å². The summed E-state index contributed by atoms with van der Waals surface area (Å²) in [7, 11) is 5.05. The molecule has 32 heavy (non-hydrogen) atoms. The molecule has 0 amide bonds. The SMILES string of the molecule is CN=C(NCc1ccc(Oc2cccc(OC)c2)nc1)NCc1ccc(C)cc1OC.I. The Bertz CT molecular complexity index is 1030. The highest BCUT2D eigenvalue weighted by molar-refractivity contribution is 14.0. The number of guanidine groups is 1. The Morgan fingerprint density at radius 1 is 0.938 bits per heavy atom. The van der Waals surface area contributed by atoms with E-state index in [1.54, 1.807) is 27.5 Å². The molecule has 2 N–H and O–H groups in total. The number of pyridine rings is 1. The molecule has 1 heterocycles. The number of aliphatic imine (C=N–C) groups is 1. The average molecular weight is 548 g/mol. The van der Waals surface area contributed by atoms with Crippen LogP contribution in [0.2, 0.25) is 0 Å². The van der Waals surface area contributed by atoms with E-state index in [1.807, 2.05) is 49.4 Å². The molecule has 0 unspecified atom stereocenters.